The van der Waals surface area contributed by atoms with Gasteiger partial charge in [0.2, 0.25) is 11.8 Å². The van der Waals surface area contributed by atoms with E-state index in [1.807, 2.05) is 0 Å². The number of carbonyl (C=O) groups is 3. The standard InChI is InChI=1S/C14H17N3O3S/c1-7-4-9-10(5-7)14(20)17(13(9)19)6-8-2-3-21-11(8)12(18)16-15/h2-3,7,9-10H,4-6,15H2,1H3,(H,16,18). The molecule has 1 aromatic rings. The normalized spacial score (nSPS) is 28.1. The largest absolute Gasteiger partial charge is 0.289 e. The van der Waals surface area contributed by atoms with E-state index in [1.165, 1.54) is 16.2 Å². The lowest BCUT2D eigenvalue weighted by Crippen LogP contribution is -2.34. The van der Waals surface area contributed by atoms with Crippen molar-refractivity contribution in [3.8, 4) is 0 Å². The molecule has 3 rings (SSSR count). The van der Waals surface area contributed by atoms with Crippen LogP contribution in [0.3, 0.4) is 0 Å². The first-order valence-electron chi connectivity index (χ1n) is 6.95. The van der Waals surface area contributed by atoms with E-state index in [0.29, 0.717) is 16.4 Å². The predicted molar refractivity (Wildman–Crippen MR) is 76.9 cm³/mol. The zero-order valence-electron chi connectivity index (χ0n) is 11.7. The summed E-state index contributed by atoms with van der Waals surface area (Å²) in [4.78, 5) is 38.2. The van der Waals surface area contributed by atoms with Crippen molar-refractivity contribution in [1.29, 1.82) is 0 Å². The van der Waals surface area contributed by atoms with Gasteiger partial charge < -0.3 is 0 Å². The number of rotatable bonds is 3. The molecule has 0 bridgehead atoms. The smallest absolute Gasteiger partial charge is 0.275 e. The zero-order chi connectivity index (χ0) is 15.1. The van der Waals surface area contributed by atoms with Gasteiger partial charge in [-0.3, -0.25) is 24.7 Å². The van der Waals surface area contributed by atoms with Gasteiger partial charge in [-0.1, -0.05) is 6.92 Å². The molecular weight excluding hydrogens is 290 g/mol. The van der Waals surface area contributed by atoms with Crippen LogP contribution in [-0.2, 0) is 16.1 Å². The summed E-state index contributed by atoms with van der Waals surface area (Å²) >= 11 is 1.25. The summed E-state index contributed by atoms with van der Waals surface area (Å²) in [5.74, 6) is 4.64. The molecule has 112 valence electrons. The van der Waals surface area contributed by atoms with Gasteiger partial charge in [0.05, 0.1) is 23.3 Å². The number of nitrogens with two attached hydrogens (primary N) is 1. The summed E-state index contributed by atoms with van der Waals surface area (Å²) in [5.41, 5.74) is 2.75. The van der Waals surface area contributed by atoms with E-state index >= 15 is 0 Å². The number of fused-ring (bicyclic) bond motifs is 1. The van der Waals surface area contributed by atoms with Crippen LogP contribution in [0.2, 0.25) is 0 Å². The fourth-order valence-electron chi connectivity index (χ4n) is 3.40. The average molecular weight is 307 g/mol. The van der Waals surface area contributed by atoms with Crippen LogP contribution in [-0.4, -0.2) is 22.6 Å². The van der Waals surface area contributed by atoms with E-state index in [2.05, 4.69) is 12.3 Å². The number of carbonyl (C=O) groups excluding carboxylic acids is 3. The van der Waals surface area contributed by atoms with Gasteiger partial charge in [0.25, 0.3) is 5.91 Å². The van der Waals surface area contributed by atoms with Crippen LogP contribution in [0.5, 0.6) is 0 Å². The molecule has 6 nitrogen and oxygen atoms in total. The quantitative estimate of drug-likeness (QED) is 0.375. The number of thiophene rings is 1. The number of hydrazine groups is 1. The van der Waals surface area contributed by atoms with Crippen LogP contribution in [0.25, 0.3) is 0 Å². The number of hydrogen-bond donors (Lipinski definition) is 2. The predicted octanol–water partition coefficient (Wildman–Crippen LogP) is 0.883. The third-order valence-corrected chi connectivity index (χ3v) is 5.33. The van der Waals surface area contributed by atoms with Crippen LogP contribution >= 0.6 is 11.3 Å². The molecule has 7 heteroatoms. The minimum Gasteiger partial charge on any atom is -0.289 e. The first-order valence-corrected chi connectivity index (χ1v) is 7.83. The molecule has 3 N–H and O–H groups in total. The van der Waals surface area contributed by atoms with Crippen LogP contribution < -0.4 is 11.3 Å². The minimum absolute atomic E-state index is 0.0975. The molecule has 1 aromatic heterocycles. The SMILES string of the molecule is CC1CC2C(=O)N(Cc3ccsc3C(=O)NN)C(=O)C2C1. The molecule has 1 aliphatic heterocycles. The molecule has 21 heavy (non-hydrogen) atoms. The van der Waals surface area contributed by atoms with Crippen molar-refractivity contribution in [1.82, 2.24) is 10.3 Å². The molecule has 0 aromatic carbocycles. The Kier molecular flexibility index (Phi) is 3.54. The lowest BCUT2D eigenvalue weighted by Gasteiger charge is -2.17. The molecule has 1 saturated carbocycles. The first kappa shape index (κ1) is 14.2. The van der Waals surface area contributed by atoms with Gasteiger partial charge in [-0.05, 0) is 35.8 Å². The summed E-state index contributed by atoms with van der Waals surface area (Å²) in [6, 6.07) is 1.76. The van der Waals surface area contributed by atoms with Gasteiger partial charge in [-0.25, -0.2) is 5.84 Å². The van der Waals surface area contributed by atoms with Crippen molar-refractivity contribution in [3.63, 3.8) is 0 Å². The summed E-state index contributed by atoms with van der Waals surface area (Å²) in [5, 5.41) is 1.76. The highest BCUT2D eigenvalue weighted by atomic mass is 32.1. The third kappa shape index (κ3) is 2.26. The number of nitrogen functional groups attached to an aromatic ring is 1. The molecule has 3 amide bonds. The van der Waals surface area contributed by atoms with E-state index in [4.69, 9.17) is 5.84 Å². The van der Waals surface area contributed by atoms with Gasteiger partial charge in [0, 0.05) is 0 Å². The van der Waals surface area contributed by atoms with E-state index in [0.717, 1.165) is 12.8 Å². The molecule has 0 radical (unpaired) electrons. The molecular formula is C14H17N3O3S. The topological polar surface area (TPSA) is 92.5 Å². The Bertz CT molecular complexity index is 588. The summed E-state index contributed by atoms with van der Waals surface area (Å²) in [7, 11) is 0. The monoisotopic (exact) mass is 307 g/mol. The maximum Gasteiger partial charge on any atom is 0.275 e. The summed E-state index contributed by atoms with van der Waals surface area (Å²) in [6.45, 7) is 2.23. The molecule has 2 unspecified atom stereocenters. The number of amides is 3. The first-order chi connectivity index (χ1) is 10.0. The van der Waals surface area contributed by atoms with E-state index in [1.54, 1.807) is 11.4 Å². The Hall–Kier alpha value is -1.73. The van der Waals surface area contributed by atoms with E-state index in [9.17, 15) is 14.4 Å². The van der Waals surface area contributed by atoms with Crippen molar-refractivity contribution in [2.45, 2.75) is 26.3 Å². The van der Waals surface area contributed by atoms with Crippen LogP contribution in [0.1, 0.15) is 35.0 Å². The minimum atomic E-state index is -0.395. The highest BCUT2D eigenvalue weighted by Crippen LogP contribution is 2.43. The Morgan fingerprint density at radius 3 is 2.57 bits per heavy atom. The fraction of sp³-hybridized carbons (Fsp3) is 0.500. The number of nitrogens with zero attached hydrogens (tertiary/aromatic N) is 1. The fourth-order valence-corrected chi connectivity index (χ4v) is 4.22. The van der Waals surface area contributed by atoms with E-state index < -0.39 is 5.91 Å². The molecule has 2 atom stereocenters. The van der Waals surface area contributed by atoms with Gasteiger partial charge in [-0.15, -0.1) is 11.3 Å². The Morgan fingerprint density at radius 2 is 2.00 bits per heavy atom. The zero-order valence-corrected chi connectivity index (χ0v) is 12.5. The second kappa shape index (κ2) is 5.23. The number of imide groups is 1. The highest BCUT2D eigenvalue weighted by Gasteiger charge is 2.51. The summed E-state index contributed by atoms with van der Waals surface area (Å²) in [6.07, 6.45) is 1.57. The Morgan fingerprint density at radius 1 is 1.38 bits per heavy atom. The van der Waals surface area contributed by atoms with Gasteiger partial charge in [-0.2, -0.15) is 0 Å². The van der Waals surface area contributed by atoms with Gasteiger partial charge >= 0.3 is 0 Å². The van der Waals surface area contributed by atoms with Crippen LogP contribution in [0.15, 0.2) is 11.4 Å². The second-order valence-electron chi connectivity index (χ2n) is 5.80. The highest BCUT2D eigenvalue weighted by molar-refractivity contribution is 7.12. The molecule has 2 fully saturated rings. The third-order valence-electron chi connectivity index (χ3n) is 4.38. The second-order valence-corrected chi connectivity index (χ2v) is 6.72. The lowest BCUT2D eigenvalue weighted by atomic mass is 10.00. The van der Waals surface area contributed by atoms with Crippen molar-refractivity contribution in [2.75, 3.05) is 0 Å². The molecule has 2 aliphatic rings. The Balaban J connectivity index is 1.81. The van der Waals surface area contributed by atoms with Crippen molar-refractivity contribution in [2.24, 2.45) is 23.6 Å². The number of likely N-dealkylation sites (tertiary alicyclic amines) is 1. The van der Waals surface area contributed by atoms with Gasteiger partial charge in [0.1, 0.15) is 0 Å². The lowest BCUT2D eigenvalue weighted by molar-refractivity contribution is -0.141. The molecule has 0 spiro atoms. The number of nitrogens with one attached hydrogen (secondary N) is 1. The molecule has 2 heterocycles. The van der Waals surface area contributed by atoms with Crippen molar-refractivity contribution < 1.29 is 14.4 Å². The van der Waals surface area contributed by atoms with Crippen molar-refractivity contribution in [3.05, 3.63) is 21.9 Å². The van der Waals surface area contributed by atoms with Crippen LogP contribution in [0, 0.1) is 17.8 Å². The number of hydrogen-bond acceptors (Lipinski definition) is 5. The van der Waals surface area contributed by atoms with Gasteiger partial charge in [0.15, 0.2) is 0 Å². The molecule has 1 saturated heterocycles. The average Bonchev–Trinajstić information content (AvgIpc) is 3.12. The maximum atomic E-state index is 12.4. The van der Waals surface area contributed by atoms with E-state index in [-0.39, 0.29) is 30.2 Å². The maximum absolute atomic E-state index is 12.4. The molecule has 1 aliphatic carbocycles. The van der Waals surface area contributed by atoms with Crippen LogP contribution in [0.4, 0.5) is 0 Å². The summed E-state index contributed by atoms with van der Waals surface area (Å²) < 4.78 is 0. The van der Waals surface area contributed by atoms with Crippen molar-refractivity contribution >= 4 is 29.1 Å². The Labute approximate surface area is 126 Å².